The number of nitrogens with one attached hydrogen (secondary N) is 1. The average molecular weight is 186 g/mol. The fourth-order valence-electron chi connectivity index (χ4n) is 0.631. The molecule has 0 bridgehead atoms. The minimum atomic E-state index is 0.222. The predicted octanol–water partition coefficient (Wildman–Crippen LogP) is 0.880. The van der Waals surface area contributed by atoms with E-state index in [-0.39, 0.29) is 6.04 Å². The van der Waals surface area contributed by atoms with Crippen LogP contribution in [0.2, 0.25) is 0 Å². The van der Waals surface area contributed by atoms with Gasteiger partial charge in [-0.3, -0.25) is 5.10 Å². The lowest BCUT2D eigenvalue weighted by atomic mass is 10.1. The molecule has 1 atom stereocenters. The lowest BCUT2D eigenvalue weighted by molar-refractivity contribution is 0.535. The Kier molecular flexibility index (Phi) is 3.55. The summed E-state index contributed by atoms with van der Waals surface area (Å²) in [7, 11) is 0. The summed E-state index contributed by atoms with van der Waals surface area (Å²) in [5.74, 6) is 1.40. The molecule has 12 heavy (non-hydrogen) atoms. The fraction of sp³-hybridized carbons (Fsp3) is 0.714. The fourth-order valence-corrected chi connectivity index (χ4v) is 1.61. The highest BCUT2D eigenvalue weighted by molar-refractivity contribution is 7.99. The van der Waals surface area contributed by atoms with Crippen molar-refractivity contribution in [3.8, 4) is 0 Å². The van der Waals surface area contributed by atoms with Crippen LogP contribution in [0, 0.1) is 5.92 Å². The first-order chi connectivity index (χ1) is 5.70. The first-order valence-corrected chi connectivity index (χ1v) is 4.92. The number of hydrogen-bond acceptors (Lipinski definition) is 4. The van der Waals surface area contributed by atoms with Crippen LogP contribution < -0.4 is 5.73 Å². The van der Waals surface area contributed by atoms with Gasteiger partial charge < -0.3 is 5.73 Å². The van der Waals surface area contributed by atoms with E-state index in [9.17, 15) is 0 Å². The van der Waals surface area contributed by atoms with Gasteiger partial charge in [0.1, 0.15) is 6.33 Å². The topological polar surface area (TPSA) is 67.6 Å². The van der Waals surface area contributed by atoms with Gasteiger partial charge in [0.25, 0.3) is 0 Å². The molecule has 5 heteroatoms. The third-order valence-electron chi connectivity index (χ3n) is 1.66. The summed E-state index contributed by atoms with van der Waals surface area (Å²) >= 11 is 1.61. The Labute approximate surface area is 76.3 Å². The monoisotopic (exact) mass is 186 g/mol. The van der Waals surface area contributed by atoms with Crippen LogP contribution >= 0.6 is 11.8 Å². The molecule has 0 aliphatic heterocycles. The predicted molar refractivity (Wildman–Crippen MR) is 49.9 cm³/mol. The largest absolute Gasteiger partial charge is 0.327 e. The molecule has 0 aliphatic rings. The summed E-state index contributed by atoms with van der Waals surface area (Å²) in [6, 6.07) is 0.222. The van der Waals surface area contributed by atoms with Crippen LogP contribution in [0.1, 0.15) is 13.8 Å². The molecule has 68 valence electrons. The van der Waals surface area contributed by atoms with Crippen molar-refractivity contribution in [1.82, 2.24) is 15.2 Å². The molecule has 0 fully saturated rings. The number of rotatable bonds is 4. The second-order valence-electron chi connectivity index (χ2n) is 3.01. The van der Waals surface area contributed by atoms with E-state index >= 15 is 0 Å². The number of aromatic nitrogens is 3. The van der Waals surface area contributed by atoms with E-state index < -0.39 is 0 Å². The van der Waals surface area contributed by atoms with Gasteiger partial charge in [-0.2, -0.15) is 5.10 Å². The zero-order valence-electron chi connectivity index (χ0n) is 7.32. The van der Waals surface area contributed by atoms with Crippen LogP contribution in [0.5, 0.6) is 0 Å². The Hall–Kier alpha value is -0.550. The summed E-state index contributed by atoms with van der Waals surface area (Å²) in [5, 5.41) is 7.36. The molecule has 0 saturated carbocycles. The van der Waals surface area contributed by atoms with Gasteiger partial charge in [0.15, 0.2) is 5.16 Å². The standard InChI is InChI=1S/C7H14N4S/c1-5(2)6(8)3-12-7-9-4-10-11-7/h4-6H,3,8H2,1-2H3,(H,9,10,11). The molecule has 0 aliphatic carbocycles. The molecule has 0 radical (unpaired) electrons. The average Bonchev–Trinajstić information content (AvgIpc) is 2.51. The molecule has 3 N–H and O–H groups in total. The molecule has 0 saturated heterocycles. The smallest absolute Gasteiger partial charge is 0.183 e. The van der Waals surface area contributed by atoms with Gasteiger partial charge in [0.2, 0.25) is 0 Å². The second kappa shape index (κ2) is 4.47. The van der Waals surface area contributed by atoms with Crippen molar-refractivity contribution < 1.29 is 0 Å². The maximum absolute atomic E-state index is 5.85. The van der Waals surface area contributed by atoms with Crippen molar-refractivity contribution in [2.45, 2.75) is 25.0 Å². The molecule has 4 nitrogen and oxygen atoms in total. The van der Waals surface area contributed by atoms with Crippen molar-refractivity contribution in [3.05, 3.63) is 6.33 Å². The molecular formula is C7H14N4S. The second-order valence-corrected chi connectivity index (χ2v) is 4.02. The van der Waals surface area contributed by atoms with Crippen molar-refractivity contribution in [2.24, 2.45) is 11.7 Å². The van der Waals surface area contributed by atoms with Crippen LogP contribution in [0.25, 0.3) is 0 Å². The first-order valence-electron chi connectivity index (χ1n) is 3.94. The molecule has 1 heterocycles. The molecule has 0 spiro atoms. The van der Waals surface area contributed by atoms with Crippen LogP contribution in [0.15, 0.2) is 11.5 Å². The van der Waals surface area contributed by atoms with Crippen molar-refractivity contribution in [1.29, 1.82) is 0 Å². The number of nitrogens with zero attached hydrogens (tertiary/aromatic N) is 2. The highest BCUT2D eigenvalue weighted by Crippen LogP contribution is 2.14. The Bertz CT molecular complexity index is 209. The number of thioether (sulfide) groups is 1. The van der Waals surface area contributed by atoms with Gasteiger partial charge in [-0.05, 0) is 5.92 Å². The third-order valence-corrected chi connectivity index (χ3v) is 2.68. The molecule has 0 aromatic carbocycles. The summed E-state index contributed by atoms with van der Waals surface area (Å²) < 4.78 is 0. The SMILES string of the molecule is CC(C)C(N)CSc1ncn[nH]1. The molecule has 0 amide bonds. The Balaban J connectivity index is 2.27. The highest BCUT2D eigenvalue weighted by atomic mass is 32.2. The first kappa shape index (κ1) is 9.54. The van der Waals surface area contributed by atoms with Crippen molar-refractivity contribution in [3.63, 3.8) is 0 Å². The summed E-state index contributed by atoms with van der Waals surface area (Å²) in [6.45, 7) is 4.23. The van der Waals surface area contributed by atoms with E-state index in [0.29, 0.717) is 5.92 Å². The van der Waals surface area contributed by atoms with Crippen LogP contribution in [0.4, 0.5) is 0 Å². The van der Waals surface area contributed by atoms with E-state index in [1.807, 2.05) is 0 Å². The minimum Gasteiger partial charge on any atom is -0.327 e. The van der Waals surface area contributed by atoms with Crippen LogP contribution in [0.3, 0.4) is 0 Å². The molecular weight excluding hydrogens is 172 g/mol. The van der Waals surface area contributed by atoms with Crippen molar-refractivity contribution >= 4 is 11.8 Å². The zero-order valence-corrected chi connectivity index (χ0v) is 8.14. The lowest BCUT2D eigenvalue weighted by Gasteiger charge is -2.13. The number of aromatic amines is 1. The van der Waals surface area contributed by atoms with Gasteiger partial charge in [0, 0.05) is 11.8 Å². The van der Waals surface area contributed by atoms with Gasteiger partial charge in [0.05, 0.1) is 0 Å². The molecule has 1 rings (SSSR count). The molecule has 1 unspecified atom stereocenters. The summed E-state index contributed by atoms with van der Waals surface area (Å²) in [6.07, 6.45) is 1.50. The van der Waals surface area contributed by atoms with E-state index in [0.717, 1.165) is 10.9 Å². The minimum absolute atomic E-state index is 0.222. The quantitative estimate of drug-likeness (QED) is 0.685. The Morgan fingerprint density at radius 3 is 2.92 bits per heavy atom. The van der Waals surface area contributed by atoms with Gasteiger partial charge in [-0.25, -0.2) is 4.98 Å². The van der Waals surface area contributed by atoms with Gasteiger partial charge in [-0.1, -0.05) is 25.6 Å². The maximum atomic E-state index is 5.85. The maximum Gasteiger partial charge on any atom is 0.183 e. The van der Waals surface area contributed by atoms with Crippen LogP contribution in [-0.2, 0) is 0 Å². The van der Waals surface area contributed by atoms with E-state index in [2.05, 4.69) is 29.0 Å². The normalized spacial score (nSPS) is 13.7. The number of nitrogens with two attached hydrogens (primary N) is 1. The number of hydrogen-bond donors (Lipinski definition) is 2. The van der Waals surface area contributed by atoms with Crippen LogP contribution in [-0.4, -0.2) is 27.0 Å². The van der Waals surface area contributed by atoms with E-state index in [4.69, 9.17) is 5.73 Å². The van der Waals surface area contributed by atoms with E-state index in [1.165, 1.54) is 6.33 Å². The van der Waals surface area contributed by atoms with Gasteiger partial charge in [-0.15, -0.1) is 0 Å². The summed E-state index contributed by atoms with van der Waals surface area (Å²) in [5.41, 5.74) is 5.85. The Morgan fingerprint density at radius 2 is 2.42 bits per heavy atom. The van der Waals surface area contributed by atoms with Crippen molar-refractivity contribution in [2.75, 3.05) is 5.75 Å². The zero-order chi connectivity index (χ0) is 8.97. The van der Waals surface area contributed by atoms with E-state index in [1.54, 1.807) is 11.8 Å². The number of H-pyrrole nitrogens is 1. The highest BCUT2D eigenvalue weighted by Gasteiger charge is 2.08. The molecule has 1 aromatic rings. The Morgan fingerprint density at radius 1 is 1.67 bits per heavy atom. The summed E-state index contributed by atoms with van der Waals surface area (Å²) in [4.78, 5) is 3.99. The lowest BCUT2D eigenvalue weighted by Crippen LogP contribution is -2.28. The van der Waals surface area contributed by atoms with Gasteiger partial charge >= 0.3 is 0 Å². The molecule has 1 aromatic heterocycles. The third kappa shape index (κ3) is 2.83.